The molecule has 1 aromatic heterocycles. The number of nitrogens with two attached hydrogens (primary N) is 1. The Hall–Kier alpha value is -1.62. The maximum Gasteiger partial charge on any atom is 0.309 e. The maximum atomic E-state index is 11.6. The SMILES string of the molecule is CCOC(=O)C1CCN(Cc2ccnc(N)c2)CC1. The van der Waals surface area contributed by atoms with Crippen LogP contribution < -0.4 is 5.73 Å². The summed E-state index contributed by atoms with van der Waals surface area (Å²) in [5.74, 6) is 0.577. The van der Waals surface area contributed by atoms with Crippen LogP contribution >= 0.6 is 0 Å². The van der Waals surface area contributed by atoms with Gasteiger partial charge in [-0.15, -0.1) is 0 Å². The lowest BCUT2D eigenvalue weighted by Gasteiger charge is -2.30. The van der Waals surface area contributed by atoms with Gasteiger partial charge in [0.2, 0.25) is 0 Å². The zero-order valence-corrected chi connectivity index (χ0v) is 11.3. The summed E-state index contributed by atoms with van der Waals surface area (Å²) in [5, 5.41) is 0. The van der Waals surface area contributed by atoms with E-state index in [9.17, 15) is 4.79 Å². The Balaban J connectivity index is 1.82. The molecule has 0 unspecified atom stereocenters. The molecular weight excluding hydrogens is 242 g/mol. The van der Waals surface area contributed by atoms with Crippen LogP contribution in [0.25, 0.3) is 0 Å². The highest BCUT2D eigenvalue weighted by molar-refractivity contribution is 5.72. The monoisotopic (exact) mass is 263 g/mol. The minimum absolute atomic E-state index is 0.0460. The third-order valence-corrected chi connectivity index (χ3v) is 3.46. The second-order valence-corrected chi connectivity index (χ2v) is 4.89. The van der Waals surface area contributed by atoms with E-state index < -0.39 is 0 Å². The van der Waals surface area contributed by atoms with Crippen molar-refractivity contribution >= 4 is 11.8 Å². The average Bonchev–Trinajstić information content (AvgIpc) is 2.40. The lowest BCUT2D eigenvalue weighted by Crippen LogP contribution is -2.36. The van der Waals surface area contributed by atoms with Crippen LogP contribution in [0.3, 0.4) is 0 Å². The molecule has 5 heteroatoms. The van der Waals surface area contributed by atoms with Gasteiger partial charge in [-0.1, -0.05) is 0 Å². The summed E-state index contributed by atoms with van der Waals surface area (Å²) in [6.45, 7) is 5.02. The lowest BCUT2D eigenvalue weighted by molar-refractivity contribution is -0.149. The van der Waals surface area contributed by atoms with E-state index in [-0.39, 0.29) is 11.9 Å². The van der Waals surface area contributed by atoms with Crippen molar-refractivity contribution in [3.63, 3.8) is 0 Å². The van der Waals surface area contributed by atoms with Gasteiger partial charge in [-0.2, -0.15) is 0 Å². The van der Waals surface area contributed by atoms with Gasteiger partial charge in [0.25, 0.3) is 0 Å². The predicted octanol–water partition coefficient (Wildman–Crippen LogP) is 1.44. The van der Waals surface area contributed by atoms with Crippen molar-refractivity contribution in [2.45, 2.75) is 26.3 Å². The quantitative estimate of drug-likeness (QED) is 0.832. The van der Waals surface area contributed by atoms with Crippen LogP contribution in [0, 0.1) is 5.92 Å². The Morgan fingerprint density at radius 3 is 2.89 bits per heavy atom. The number of rotatable bonds is 4. The largest absolute Gasteiger partial charge is 0.466 e. The molecule has 104 valence electrons. The highest BCUT2D eigenvalue weighted by Gasteiger charge is 2.25. The Kier molecular flexibility index (Phi) is 4.74. The van der Waals surface area contributed by atoms with E-state index in [0.717, 1.165) is 32.5 Å². The first-order chi connectivity index (χ1) is 9.19. The van der Waals surface area contributed by atoms with Crippen molar-refractivity contribution in [3.8, 4) is 0 Å². The minimum atomic E-state index is -0.0460. The molecule has 0 amide bonds. The second-order valence-electron chi connectivity index (χ2n) is 4.89. The molecule has 5 nitrogen and oxygen atoms in total. The summed E-state index contributed by atoms with van der Waals surface area (Å²) in [5.41, 5.74) is 6.84. The van der Waals surface area contributed by atoms with E-state index in [2.05, 4.69) is 9.88 Å². The number of aromatic nitrogens is 1. The molecule has 1 aliphatic heterocycles. The van der Waals surface area contributed by atoms with Crippen molar-refractivity contribution in [2.24, 2.45) is 5.92 Å². The van der Waals surface area contributed by atoms with E-state index in [1.807, 2.05) is 19.1 Å². The molecule has 1 aromatic rings. The number of ether oxygens (including phenoxy) is 1. The van der Waals surface area contributed by atoms with Gasteiger partial charge in [0, 0.05) is 12.7 Å². The summed E-state index contributed by atoms with van der Waals surface area (Å²) in [6.07, 6.45) is 3.48. The third kappa shape index (κ3) is 3.92. The highest BCUT2D eigenvalue weighted by atomic mass is 16.5. The van der Waals surface area contributed by atoms with E-state index >= 15 is 0 Å². The summed E-state index contributed by atoms with van der Waals surface area (Å²) in [4.78, 5) is 18.0. The van der Waals surface area contributed by atoms with Crippen LogP contribution in [0.2, 0.25) is 0 Å². The normalized spacial score (nSPS) is 17.3. The molecule has 0 aliphatic carbocycles. The minimum Gasteiger partial charge on any atom is -0.466 e. The number of pyridine rings is 1. The Morgan fingerprint density at radius 2 is 2.26 bits per heavy atom. The van der Waals surface area contributed by atoms with Crippen LogP contribution in [-0.4, -0.2) is 35.5 Å². The van der Waals surface area contributed by atoms with Crippen LogP contribution in [-0.2, 0) is 16.1 Å². The Morgan fingerprint density at radius 1 is 1.53 bits per heavy atom. The number of likely N-dealkylation sites (tertiary alicyclic amines) is 1. The van der Waals surface area contributed by atoms with E-state index in [0.29, 0.717) is 12.4 Å². The molecule has 0 atom stereocenters. The van der Waals surface area contributed by atoms with Crippen LogP contribution in [0.5, 0.6) is 0 Å². The summed E-state index contributed by atoms with van der Waals surface area (Å²) < 4.78 is 5.07. The third-order valence-electron chi connectivity index (χ3n) is 3.46. The number of esters is 1. The fourth-order valence-corrected chi connectivity index (χ4v) is 2.44. The van der Waals surface area contributed by atoms with Crippen molar-refractivity contribution in [1.29, 1.82) is 0 Å². The van der Waals surface area contributed by atoms with Crippen molar-refractivity contribution < 1.29 is 9.53 Å². The van der Waals surface area contributed by atoms with Crippen LogP contribution in [0.4, 0.5) is 5.82 Å². The Labute approximate surface area is 113 Å². The first-order valence-electron chi connectivity index (χ1n) is 6.78. The number of hydrogen-bond donors (Lipinski definition) is 1. The molecule has 0 saturated carbocycles. The number of anilines is 1. The van der Waals surface area contributed by atoms with Gasteiger partial charge in [-0.05, 0) is 50.6 Å². The van der Waals surface area contributed by atoms with Crippen molar-refractivity contribution in [3.05, 3.63) is 23.9 Å². The van der Waals surface area contributed by atoms with Crippen molar-refractivity contribution in [1.82, 2.24) is 9.88 Å². The summed E-state index contributed by atoms with van der Waals surface area (Å²) >= 11 is 0. The molecule has 2 rings (SSSR count). The number of carbonyl (C=O) groups excluding carboxylic acids is 1. The smallest absolute Gasteiger partial charge is 0.309 e. The van der Waals surface area contributed by atoms with Gasteiger partial charge < -0.3 is 10.5 Å². The van der Waals surface area contributed by atoms with E-state index in [1.54, 1.807) is 6.20 Å². The van der Waals surface area contributed by atoms with Gasteiger partial charge in [0.1, 0.15) is 5.82 Å². The Bertz CT molecular complexity index is 428. The number of nitrogen functional groups attached to an aromatic ring is 1. The molecule has 1 saturated heterocycles. The van der Waals surface area contributed by atoms with Crippen LogP contribution in [0.15, 0.2) is 18.3 Å². The van der Waals surface area contributed by atoms with Gasteiger partial charge in [0.15, 0.2) is 0 Å². The molecule has 0 aromatic carbocycles. The van der Waals surface area contributed by atoms with Gasteiger partial charge in [-0.25, -0.2) is 4.98 Å². The molecular formula is C14H21N3O2. The molecule has 0 spiro atoms. The number of carbonyl (C=O) groups is 1. The van der Waals surface area contributed by atoms with E-state index in [4.69, 9.17) is 10.5 Å². The molecule has 1 aliphatic rings. The molecule has 2 heterocycles. The van der Waals surface area contributed by atoms with Gasteiger partial charge in [-0.3, -0.25) is 9.69 Å². The second kappa shape index (κ2) is 6.52. The fourth-order valence-electron chi connectivity index (χ4n) is 2.44. The van der Waals surface area contributed by atoms with Gasteiger partial charge >= 0.3 is 5.97 Å². The topological polar surface area (TPSA) is 68.5 Å². The zero-order chi connectivity index (χ0) is 13.7. The molecule has 19 heavy (non-hydrogen) atoms. The zero-order valence-electron chi connectivity index (χ0n) is 11.3. The number of hydrogen-bond acceptors (Lipinski definition) is 5. The highest BCUT2D eigenvalue weighted by Crippen LogP contribution is 2.20. The van der Waals surface area contributed by atoms with Crippen molar-refractivity contribution in [2.75, 3.05) is 25.4 Å². The summed E-state index contributed by atoms with van der Waals surface area (Å²) in [6, 6.07) is 3.88. The molecule has 2 N–H and O–H groups in total. The number of nitrogens with zero attached hydrogens (tertiary/aromatic N) is 2. The maximum absolute atomic E-state index is 11.6. The summed E-state index contributed by atoms with van der Waals surface area (Å²) in [7, 11) is 0. The molecule has 1 fully saturated rings. The first-order valence-corrected chi connectivity index (χ1v) is 6.78. The first kappa shape index (κ1) is 13.8. The van der Waals surface area contributed by atoms with Crippen LogP contribution in [0.1, 0.15) is 25.3 Å². The predicted molar refractivity (Wildman–Crippen MR) is 73.3 cm³/mol. The molecule has 0 radical (unpaired) electrons. The van der Waals surface area contributed by atoms with Gasteiger partial charge in [0.05, 0.1) is 12.5 Å². The average molecular weight is 263 g/mol. The fraction of sp³-hybridized carbons (Fsp3) is 0.571. The number of piperidine rings is 1. The van der Waals surface area contributed by atoms with E-state index in [1.165, 1.54) is 5.56 Å². The lowest BCUT2D eigenvalue weighted by atomic mass is 9.97. The molecule has 0 bridgehead atoms. The standard InChI is InChI=1S/C14H21N3O2/c1-2-19-14(18)12-4-7-17(8-5-12)10-11-3-6-16-13(15)9-11/h3,6,9,12H,2,4-5,7-8,10H2,1H3,(H2,15,16).